The zero-order valence-electron chi connectivity index (χ0n) is 71.2. The summed E-state index contributed by atoms with van der Waals surface area (Å²) in [6.07, 6.45) is 5.28. The van der Waals surface area contributed by atoms with Crippen LogP contribution in [0.5, 0.6) is 17.2 Å². The molecule has 9 aliphatic rings. The maximum Gasteiger partial charge on any atom is 0.416 e. The Balaban J connectivity index is 0.875. The number of amides is 9. The Morgan fingerprint density at radius 1 is 0.605 bits per heavy atom. The van der Waals surface area contributed by atoms with Crippen molar-refractivity contribution < 1.29 is 105 Å². The van der Waals surface area contributed by atoms with Crippen molar-refractivity contribution in [2.45, 2.75) is 173 Å². The molecule has 664 valence electrons. The lowest BCUT2D eigenvalue weighted by Crippen LogP contribution is -2.50. The molecule has 0 aliphatic carbocycles. The van der Waals surface area contributed by atoms with Gasteiger partial charge in [-0.1, -0.05) is 84.7 Å². The van der Waals surface area contributed by atoms with Crippen molar-refractivity contribution in [1.29, 1.82) is 0 Å². The Bertz CT molecular complexity index is 4790. The van der Waals surface area contributed by atoms with Crippen LogP contribution in [0.4, 0.5) is 26.7 Å². The minimum absolute atomic E-state index is 0.00530. The lowest BCUT2D eigenvalue weighted by Gasteiger charge is -2.31. The number of imide groups is 1. The average Bonchev–Trinajstić information content (AvgIpc) is 1.60. The van der Waals surface area contributed by atoms with Gasteiger partial charge >= 0.3 is 12.2 Å². The number of ketones is 4. The first-order valence-electron chi connectivity index (χ1n) is 42.2. The summed E-state index contributed by atoms with van der Waals surface area (Å²) >= 11 is 1.28. The van der Waals surface area contributed by atoms with E-state index in [1.807, 2.05) is 13.0 Å². The number of hydrogen-bond donors (Lipinski definition) is 6. The fourth-order valence-electron chi connectivity index (χ4n) is 15.5. The molecular formula is C91H112N10O22S. The van der Waals surface area contributed by atoms with Crippen LogP contribution in [0.25, 0.3) is 0 Å². The summed E-state index contributed by atoms with van der Waals surface area (Å²) in [4.78, 5) is 184. The molecule has 0 saturated carbocycles. The van der Waals surface area contributed by atoms with Gasteiger partial charge in [0.15, 0.2) is 29.3 Å². The summed E-state index contributed by atoms with van der Waals surface area (Å²) < 4.78 is 47.7. The van der Waals surface area contributed by atoms with Crippen molar-refractivity contribution in [1.82, 2.24) is 36.0 Å². The number of fused-ring (bicyclic) bond motifs is 2. The minimum Gasteiger partial charge on any atom is -0.493 e. The van der Waals surface area contributed by atoms with Gasteiger partial charge in [0.1, 0.15) is 49.8 Å². The molecule has 124 heavy (non-hydrogen) atoms. The van der Waals surface area contributed by atoms with Crippen molar-refractivity contribution in [3.63, 3.8) is 0 Å². The van der Waals surface area contributed by atoms with Crippen molar-refractivity contribution in [2.75, 3.05) is 128 Å². The number of methoxy groups -OCH3 is 2. The second kappa shape index (κ2) is 46.0. The number of carbonyl (C=O) groups excluding carboxylic acids is 13. The third kappa shape index (κ3) is 26.2. The number of ether oxygens (including phenoxy) is 8. The molecule has 1 saturated heterocycles. The van der Waals surface area contributed by atoms with Gasteiger partial charge in [-0.05, 0) is 122 Å². The number of aryl methyl sites for hydroxylation is 1. The number of carbonyl (C=O) groups is 13. The van der Waals surface area contributed by atoms with Gasteiger partial charge in [0.2, 0.25) is 29.5 Å². The third-order valence-electron chi connectivity index (χ3n) is 22.1. The predicted octanol–water partition coefficient (Wildman–Crippen LogP) is 8.28. The first-order valence-corrected chi connectivity index (χ1v) is 43.4. The first kappa shape index (κ1) is 93.5. The van der Waals surface area contributed by atoms with Crippen LogP contribution in [0.2, 0.25) is 0 Å². The van der Waals surface area contributed by atoms with Crippen LogP contribution in [0, 0.1) is 6.92 Å². The number of hydrogen-bond acceptors (Lipinski definition) is 25. The molecule has 5 aromatic carbocycles. The fraction of sp³-hybridized carbons (Fsp3) is 0.484. The lowest BCUT2D eigenvalue weighted by molar-refractivity contribution is -0.139. The number of unbranched alkanes of at least 4 members (excludes halogenated alkanes) is 2. The zero-order valence-corrected chi connectivity index (χ0v) is 72.0. The topological polar surface area (TPSA) is 392 Å². The Morgan fingerprint density at radius 2 is 1.21 bits per heavy atom. The molecule has 0 aromatic heterocycles. The summed E-state index contributed by atoms with van der Waals surface area (Å²) in [5, 5.41) is 26.7. The van der Waals surface area contributed by atoms with Crippen LogP contribution in [-0.2, 0) is 106 Å². The average molecular weight is 1730 g/mol. The molecule has 1 fully saturated rings. The number of aliphatic hydroxyl groups is 1. The fourth-order valence-corrected chi connectivity index (χ4v) is 16.1. The molecule has 5 aromatic rings. The van der Waals surface area contributed by atoms with Crippen LogP contribution in [-0.4, -0.2) is 238 Å². The van der Waals surface area contributed by atoms with Crippen molar-refractivity contribution in [3.05, 3.63) is 164 Å². The van der Waals surface area contributed by atoms with Crippen LogP contribution >= 0.6 is 11.8 Å². The van der Waals surface area contributed by atoms with E-state index in [1.54, 1.807) is 110 Å². The number of nitrogens with one attached hydrogen (secondary N) is 5. The standard InChI is InChI=1S/C91H112N10O22S/c1-57-36-67-52-100-75-45-78(59(3)38-72(75)86(110)98(67)50-57)120-55-64-39-65(41-66(40-64)95-85(109)74(14-9-7-8-12-69(103)26-32-116-4)96-83(107)15-10-30-97-84(108)47-81(124-6)89(97)113)56-121-80-46-76-73(44-79(80)117-5)87(111)99-51-58(2)37-77(99)88(112)101(76)91(115)123-54-63-22-18-61(19-23-63)43-71(105)49-93-28-34-119-35-29-94-82(106)25-24-68(102)13-11-31-118-33-27-92-48-70(104)42-60-16-20-62(21-17-60)53-122-90(100)114/h16-23,36-41,44-46,67,74,77,81,88,92-93,112H,7-15,24-35,42-43,47-56H2,1-6H3,(H,94,106)(H,95,109)(H,96,107)/t67?,74-,77+,81?,88?/m1/s1. The number of anilines is 3. The number of benzene rings is 5. The highest BCUT2D eigenvalue weighted by Gasteiger charge is 2.46. The van der Waals surface area contributed by atoms with Gasteiger partial charge in [-0.15, -0.1) is 0 Å². The monoisotopic (exact) mass is 1730 g/mol. The van der Waals surface area contributed by atoms with Crippen LogP contribution in [0.3, 0.4) is 0 Å². The number of aliphatic hydroxyl groups excluding tert-OH is 1. The highest BCUT2D eigenvalue weighted by atomic mass is 32.2. The van der Waals surface area contributed by atoms with Gasteiger partial charge in [0.05, 0.1) is 93.0 Å². The number of nitrogens with zero attached hydrogens (tertiary/aromatic N) is 5. The quantitative estimate of drug-likeness (QED) is 0.0273. The molecule has 6 N–H and O–H groups in total. The summed E-state index contributed by atoms with van der Waals surface area (Å²) in [7, 11) is 2.89. The molecular weight excluding hydrogens is 1620 g/mol. The minimum atomic E-state index is -1.68. The zero-order chi connectivity index (χ0) is 88.3. The second-order valence-corrected chi connectivity index (χ2v) is 32.8. The van der Waals surface area contributed by atoms with Crippen molar-refractivity contribution in [2.24, 2.45) is 0 Å². The van der Waals surface area contributed by atoms with Gasteiger partial charge in [0, 0.05) is 129 Å². The van der Waals surface area contributed by atoms with Gasteiger partial charge in [-0.25, -0.2) is 14.5 Å². The van der Waals surface area contributed by atoms with E-state index in [-0.39, 0.29) is 242 Å². The van der Waals surface area contributed by atoms with E-state index in [4.69, 9.17) is 37.9 Å². The summed E-state index contributed by atoms with van der Waals surface area (Å²) in [6.45, 7) is 7.63. The summed E-state index contributed by atoms with van der Waals surface area (Å²) in [5.74, 6) is -2.76. The second-order valence-electron chi connectivity index (χ2n) is 31.8. The molecule has 33 heteroatoms. The molecule has 0 spiro atoms. The number of Topliss-reactive ketones (excluding diaryl/α,β-unsaturated/α-hetero) is 4. The Kier molecular flexibility index (Phi) is 34.7. The molecule has 5 atom stereocenters. The molecule has 9 aliphatic heterocycles. The number of thioether (sulfide) groups is 1. The highest BCUT2D eigenvalue weighted by molar-refractivity contribution is 8.00. The highest BCUT2D eigenvalue weighted by Crippen LogP contribution is 2.43. The van der Waals surface area contributed by atoms with E-state index < -0.39 is 59.5 Å². The van der Waals surface area contributed by atoms with E-state index in [1.165, 1.54) is 47.9 Å². The van der Waals surface area contributed by atoms with Crippen LogP contribution < -0.4 is 50.6 Å². The van der Waals surface area contributed by atoms with Gasteiger partial charge in [-0.3, -0.25) is 62.5 Å². The van der Waals surface area contributed by atoms with Gasteiger partial charge < -0.3 is 79.4 Å². The van der Waals surface area contributed by atoms with Crippen molar-refractivity contribution in [3.8, 4) is 17.2 Å². The maximum absolute atomic E-state index is 15.0. The molecule has 32 nitrogen and oxygen atoms in total. The van der Waals surface area contributed by atoms with E-state index in [2.05, 4.69) is 26.6 Å². The number of likely N-dealkylation sites (tertiary alicyclic amines) is 1. The molecule has 3 unspecified atom stereocenters. The molecule has 9 heterocycles. The van der Waals surface area contributed by atoms with E-state index in [9.17, 15) is 67.4 Å². The van der Waals surface area contributed by atoms with Crippen LogP contribution in [0.1, 0.15) is 157 Å². The van der Waals surface area contributed by atoms with Crippen molar-refractivity contribution >= 4 is 105 Å². The largest absolute Gasteiger partial charge is 0.493 e. The lowest BCUT2D eigenvalue weighted by atomic mass is 10.0. The molecule has 0 radical (unpaired) electrons. The Morgan fingerprint density at radius 3 is 1.87 bits per heavy atom. The molecule has 9 amide bonds. The van der Waals surface area contributed by atoms with E-state index in [0.717, 1.165) is 26.5 Å². The van der Waals surface area contributed by atoms with Gasteiger partial charge in [0.25, 0.3) is 11.8 Å². The van der Waals surface area contributed by atoms with Gasteiger partial charge in [-0.2, -0.15) is 11.8 Å². The van der Waals surface area contributed by atoms with Crippen LogP contribution in [0.15, 0.2) is 114 Å². The smallest absolute Gasteiger partial charge is 0.416 e. The normalized spacial score (nSPS) is 20.3. The molecule has 14 rings (SSSR count). The predicted molar refractivity (Wildman–Crippen MR) is 460 cm³/mol. The summed E-state index contributed by atoms with van der Waals surface area (Å²) in [5.41, 5.74) is 6.27. The van der Waals surface area contributed by atoms with E-state index >= 15 is 0 Å². The SMILES string of the molecule is COCCC(=O)CCCCC[C@@H](NC(=O)CCCN1C(=O)CC(SC)C1=O)C(=O)Nc1cc2cc(c1)COc1cc3c(cc1OC)C(=O)N1CC(C)=C[C@H]1C(O)N3C(=O)OCc1ccc(cc1)CC(=O)CNCCOCCNC(=O)CCC(=O)CCCOCCNCC(=O)Cc1ccc(cc1)COC(=O)N1CC3C=C(C)CN3C(=O)c3cc(C)c(cc31)OC2. The third-order valence-corrected chi connectivity index (χ3v) is 23.0. The Hall–Kier alpha value is -11.2. The number of rotatable bonds is 18. The van der Waals surface area contributed by atoms with E-state index in [0.29, 0.717) is 98.3 Å². The summed E-state index contributed by atoms with van der Waals surface area (Å²) in [6, 6.07) is 22.5. The first-order chi connectivity index (χ1) is 59.8. The maximum atomic E-state index is 15.0. The molecule has 10 bridgehead atoms. The Labute approximate surface area is 725 Å².